The minimum absolute atomic E-state index is 0.644. The second kappa shape index (κ2) is 4.89. The van der Waals surface area contributed by atoms with Crippen molar-refractivity contribution in [2.75, 3.05) is 6.54 Å². The van der Waals surface area contributed by atoms with Crippen LogP contribution in [-0.4, -0.2) is 23.5 Å². The third kappa shape index (κ3) is 2.76. The van der Waals surface area contributed by atoms with Gasteiger partial charge in [0.1, 0.15) is 0 Å². The predicted molar refractivity (Wildman–Crippen MR) is 64.6 cm³/mol. The maximum atomic E-state index is 5.91. The van der Waals surface area contributed by atoms with E-state index in [0.29, 0.717) is 6.54 Å². The molecule has 0 amide bonds. The molecule has 0 aromatic heterocycles. The molecule has 4 nitrogen and oxygen atoms in total. The summed E-state index contributed by atoms with van der Waals surface area (Å²) in [6.07, 6.45) is 3.61. The Kier molecular flexibility index (Phi) is 3.80. The van der Waals surface area contributed by atoms with E-state index in [2.05, 4.69) is 9.98 Å². The molecular weight excluding hydrogens is 188 g/mol. The highest BCUT2D eigenvalue weighted by Crippen LogP contribution is 2.12. The Bertz CT molecular complexity index is 361. The van der Waals surface area contributed by atoms with Crippen molar-refractivity contribution >= 4 is 11.9 Å². The van der Waals surface area contributed by atoms with E-state index in [1.165, 1.54) is 5.57 Å². The smallest absolute Gasteiger partial charge is 0.0764 e. The Morgan fingerprint density at radius 1 is 1.60 bits per heavy atom. The highest BCUT2D eigenvalue weighted by molar-refractivity contribution is 6.05. The molecule has 0 aliphatic carbocycles. The number of hydrogen-bond acceptors (Lipinski definition) is 4. The number of hydrazine groups is 1. The fourth-order valence-corrected chi connectivity index (χ4v) is 1.23. The van der Waals surface area contributed by atoms with Crippen LogP contribution < -0.4 is 5.84 Å². The van der Waals surface area contributed by atoms with E-state index in [-0.39, 0.29) is 0 Å². The van der Waals surface area contributed by atoms with Gasteiger partial charge in [-0.05, 0) is 33.3 Å². The molecule has 1 heterocycles. The number of hydrogen-bond donors (Lipinski definition) is 1. The first kappa shape index (κ1) is 11.7. The lowest BCUT2D eigenvalue weighted by molar-refractivity contribution is 0.405. The van der Waals surface area contributed by atoms with E-state index >= 15 is 0 Å². The van der Waals surface area contributed by atoms with E-state index in [1.54, 1.807) is 11.2 Å². The summed E-state index contributed by atoms with van der Waals surface area (Å²) >= 11 is 0. The number of nitrogens with two attached hydrogens (primary N) is 1. The second-order valence-electron chi connectivity index (χ2n) is 3.57. The van der Waals surface area contributed by atoms with E-state index in [1.807, 2.05) is 33.9 Å². The fourth-order valence-electron chi connectivity index (χ4n) is 1.23. The Hall–Kier alpha value is -1.42. The number of aliphatic imine (C=N–C) groups is 2. The van der Waals surface area contributed by atoms with Gasteiger partial charge in [0.15, 0.2) is 0 Å². The lowest BCUT2D eigenvalue weighted by atomic mass is 10.1. The second-order valence-corrected chi connectivity index (χ2v) is 3.57. The van der Waals surface area contributed by atoms with Crippen molar-refractivity contribution < 1.29 is 0 Å². The van der Waals surface area contributed by atoms with Crippen molar-refractivity contribution in [2.45, 2.75) is 27.7 Å². The highest BCUT2D eigenvalue weighted by Gasteiger charge is 2.13. The van der Waals surface area contributed by atoms with Crippen molar-refractivity contribution in [1.29, 1.82) is 0 Å². The van der Waals surface area contributed by atoms with E-state index < -0.39 is 0 Å². The minimum atomic E-state index is 0.644. The standard InChI is InChI=1S/C11H18N4/c1-5-13-9(3)10(4)15(12)7-11-8(2)6-14-11/h5-6H,7,12H2,1-4H3/b10-9+,13-5?. The molecule has 15 heavy (non-hydrogen) atoms. The van der Waals surface area contributed by atoms with Crippen LogP contribution in [0.3, 0.4) is 0 Å². The van der Waals surface area contributed by atoms with Crippen molar-refractivity contribution in [3.63, 3.8) is 0 Å². The average molecular weight is 206 g/mol. The van der Waals surface area contributed by atoms with Gasteiger partial charge in [-0.25, -0.2) is 5.84 Å². The van der Waals surface area contributed by atoms with Crippen molar-refractivity contribution in [1.82, 2.24) is 5.01 Å². The lowest BCUT2D eigenvalue weighted by Crippen LogP contribution is -2.36. The Balaban J connectivity index is 2.61. The summed E-state index contributed by atoms with van der Waals surface area (Å²) in [6, 6.07) is 0. The monoisotopic (exact) mass is 206 g/mol. The number of allylic oxidation sites excluding steroid dienone is 2. The van der Waals surface area contributed by atoms with Crippen LogP contribution in [0.25, 0.3) is 0 Å². The quantitative estimate of drug-likeness (QED) is 0.433. The Labute approximate surface area is 90.9 Å². The average Bonchev–Trinajstić information content (AvgIpc) is 2.22. The number of rotatable bonds is 4. The largest absolute Gasteiger partial charge is 0.308 e. The first-order valence-electron chi connectivity index (χ1n) is 4.98. The van der Waals surface area contributed by atoms with Crippen LogP contribution in [0.15, 0.2) is 33.2 Å². The van der Waals surface area contributed by atoms with Crippen molar-refractivity contribution in [2.24, 2.45) is 15.8 Å². The van der Waals surface area contributed by atoms with E-state index in [4.69, 9.17) is 5.84 Å². The molecule has 0 saturated carbocycles. The molecule has 0 fully saturated rings. The third-order valence-corrected chi connectivity index (χ3v) is 2.47. The zero-order chi connectivity index (χ0) is 11.4. The molecule has 0 unspecified atom stereocenters. The normalized spacial score (nSPS) is 16.9. The van der Waals surface area contributed by atoms with Gasteiger partial charge in [0.05, 0.1) is 18.0 Å². The summed E-state index contributed by atoms with van der Waals surface area (Å²) in [6.45, 7) is 8.47. The van der Waals surface area contributed by atoms with Crippen LogP contribution in [0.2, 0.25) is 0 Å². The van der Waals surface area contributed by atoms with Crippen LogP contribution in [0, 0.1) is 0 Å². The molecule has 0 aromatic rings. The van der Waals surface area contributed by atoms with Crippen LogP contribution >= 0.6 is 0 Å². The Morgan fingerprint density at radius 2 is 2.27 bits per heavy atom. The van der Waals surface area contributed by atoms with Gasteiger partial charge in [-0.1, -0.05) is 0 Å². The first-order chi connectivity index (χ1) is 7.06. The molecular formula is C11H18N4. The summed E-state index contributed by atoms with van der Waals surface area (Å²) in [5.74, 6) is 5.91. The van der Waals surface area contributed by atoms with Crippen molar-refractivity contribution in [3.05, 3.63) is 23.2 Å². The summed E-state index contributed by atoms with van der Waals surface area (Å²) in [4.78, 5) is 8.34. The van der Waals surface area contributed by atoms with Gasteiger partial charge in [0.25, 0.3) is 0 Å². The van der Waals surface area contributed by atoms with Gasteiger partial charge in [0.2, 0.25) is 0 Å². The van der Waals surface area contributed by atoms with Gasteiger partial charge >= 0.3 is 0 Å². The zero-order valence-corrected chi connectivity index (χ0v) is 9.78. The SMILES string of the molecule is CC=N/C(C)=C(\C)N(N)CC1=NC=C1C. The molecule has 0 aromatic carbocycles. The molecule has 82 valence electrons. The zero-order valence-electron chi connectivity index (χ0n) is 9.78. The van der Waals surface area contributed by atoms with Gasteiger partial charge in [-0.2, -0.15) is 0 Å². The molecule has 1 aliphatic heterocycles. The highest BCUT2D eigenvalue weighted by atomic mass is 15.4. The summed E-state index contributed by atoms with van der Waals surface area (Å²) in [5.41, 5.74) is 4.15. The molecule has 1 aliphatic rings. The molecule has 0 saturated heterocycles. The van der Waals surface area contributed by atoms with Gasteiger partial charge in [0, 0.05) is 18.1 Å². The molecule has 0 bridgehead atoms. The van der Waals surface area contributed by atoms with Gasteiger partial charge in [-0.15, -0.1) is 0 Å². The molecule has 0 radical (unpaired) electrons. The summed E-state index contributed by atoms with van der Waals surface area (Å²) < 4.78 is 0. The minimum Gasteiger partial charge on any atom is -0.308 e. The topological polar surface area (TPSA) is 54.0 Å². The molecule has 4 heteroatoms. The lowest BCUT2D eigenvalue weighted by Gasteiger charge is -2.23. The number of nitrogens with zero attached hydrogens (tertiary/aromatic N) is 3. The van der Waals surface area contributed by atoms with Crippen LogP contribution in [0.4, 0.5) is 0 Å². The van der Waals surface area contributed by atoms with E-state index in [9.17, 15) is 0 Å². The molecule has 1 rings (SSSR count). The van der Waals surface area contributed by atoms with Crippen LogP contribution in [0.1, 0.15) is 27.7 Å². The predicted octanol–water partition coefficient (Wildman–Crippen LogP) is 1.86. The first-order valence-corrected chi connectivity index (χ1v) is 4.98. The molecule has 0 spiro atoms. The van der Waals surface area contributed by atoms with Crippen LogP contribution in [0.5, 0.6) is 0 Å². The summed E-state index contributed by atoms with van der Waals surface area (Å²) in [7, 11) is 0. The molecule has 2 N–H and O–H groups in total. The van der Waals surface area contributed by atoms with Gasteiger partial charge < -0.3 is 5.01 Å². The maximum absolute atomic E-state index is 5.91. The van der Waals surface area contributed by atoms with Gasteiger partial charge in [-0.3, -0.25) is 9.98 Å². The third-order valence-electron chi connectivity index (χ3n) is 2.47. The maximum Gasteiger partial charge on any atom is 0.0764 e. The Morgan fingerprint density at radius 3 is 2.67 bits per heavy atom. The van der Waals surface area contributed by atoms with E-state index in [0.717, 1.165) is 17.1 Å². The van der Waals surface area contributed by atoms with Crippen molar-refractivity contribution in [3.8, 4) is 0 Å². The fraction of sp³-hybridized carbons (Fsp3) is 0.455. The summed E-state index contributed by atoms with van der Waals surface area (Å²) in [5, 5.41) is 1.68. The van der Waals surface area contributed by atoms with Crippen LogP contribution in [-0.2, 0) is 0 Å². The molecule has 0 atom stereocenters.